The van der Waals surface area contributed by atoms with Crippen LogP contribution in [0.2, 0.25) is 0 Å². The molecular formula is C14H17Cl3O3S. The van der Waals surface area contributed by atoms with Gasteiger partial charge in [0, 0.05) is 11.3 Å². The van der Waals surface area contributed by atoms with Gasteiger partial charge >= 0.3 is 5.97 Å². The zero-order valence-electron chi connectivity index (χ0n) is 12.0. The Hall–Kier alpha value is -0.290. The second kappa shape index (κ2) is 7.32. The molecule has 0 aliphatic carbocycles. The summed E-state index contributed by atoms with van der Waals surface area (Å²) in [5.74, 6) is -0.526. The molecule has 0 heterocycles. The van der Waals surface area contributed by atoms with E-state index in [4.69, 9.17) is 34.8 Å². The van der Waals surface area contributed by atoms with Crippen LogP contribution in [0, 0.1) is 5.92 Å². The number of benzene rings is 1. The van der Waals surface area contributed by atoms with Crippen molar-refractivity contribution in [3.8, 4) is 0 Å². The van der Waals surface area contributed by atoms with Gasteiger partial charge in [-0.1, -0.05) is 61.6 Å². The third kappa shape index (κ3) is 4.59. The van der Waals surface area contributed by atoms with Crippen molar-refractivity contribution in [2.45, 2.75) is 35.9 Å². The Morgan fingerprint density at radius 1 is 1.33 bits per heavy atom. The van der Waals surface area contributed by atoms with E-state index in [1.54, 1.807) is 6.92 Å². The highest BCUT2D eigenvalue weighted by Crippen LogP contribution is 2.43. The summed E-state index contributed by atoms with van der Waals surface area (Å²) in [6.45, 7) is 5.65. The summed E-state index contributed by atoms with van der Waals surface area (Å²) in [4.78, 5) is 11.7. The standard InChI is InChI=1S/C14H17Cl3O3S/c1-4-9-10(13(18)19)5-6-11(14(15,16)17)12(9)21(20)7-8(2)3/h5-6,8H,4,7H2,1-3H3,(H,18,19)/t21-/m1/s1. The highest BCUT2D eigenvalue weighted by atomic mass is 35.6. The molecule has 0 saturated carbocycles. The average Bonchev–Trinajstić information content (AvgIpc) is 2.34. The van der Waals surface area contributed by atoms with E-state index in [1.807, 2.05) is 13.8 Å². The maximum Gasteiger partial charge on any atom is 0.336 e. The summed E-state index contributed by atoms with van der Waals surface area (Å²) in [6.07, 6.45) is 0.398. The van der Waals surface area contributed by atoms with Gasteiger partial charge in [-0.15, -0.1) is 0 Å². The number of carbonyl (C=O) groups is 1. The second-order valence-electron chi connectivity index (χ2n) is 5.03. The predicted molar refractivity (Wildman–Crippen MR) is 88.1 cm³/mol. The van der Waals surface area contributed by atoms with Gasteiger partial charge in [-0.3, -0.25) is 4.21 Å². The van der Waals surface area contributed by atoms with Gasteiger partial charge in [-0.25, -0.2) is 4.79 Å². The number of carboxylic acid groups (broad SMARTS) is 1. The van der Waals surface area contributed by atoms with Crippen molar-refractivity contribution in [3.63, 3.8) is 0 Å². The van der Waals surface area contributed by atoms with Gasteiger partial charge < -0.3 is 5.11 Å². The van der Waals surface area contributed by atoms with E-state index in [-0.39, 0.29) is 17.0 Å². The third-order valence-electron chi connectivity index (χ3n) is 2.86. The van der Waals surface area contributed by atoms with Crippen LogP contribution in [-0.2, 0) is 21.0 Å². The number of aromatic carboxylic acids is 1. The molecule has 0 radical (unpaired) electrons. The Labute approximate surface area is 142 Å². The molecule has 7 heteroatoms. The van der Waals surface area contributed by atoms with Crippen LogP contribution in [0.4, 0.5) is 0 Å². The molecule has 118 valence electrons. The number of rotatable bonds is 5. The normalized spacial score (nSPS) is 13.5. The fourth-order valence-corrected chi connectivity index (χ4v) is 4.46. The molecule has 0 bridgehead atoms. The van der Waals surface area contributed by atoms with Crippen LogP contribution in [0.25, 0.3) is 0 Å². The maximum atomic E-state index is 12.6. The summed E-state index contributed by atoms with van der Waals surface area (Å²) >= 11 is 17.9. The van der Waals surface area contributed by atoms with E-state index >= 15 is 0 Å². The molecule has 0 amide bonds. The van der Waals surface area contributed by atoms with E-state index in [0.29, 0.717) is 22.6 Å². The third-order valence-corrected chi connectivity index (χ3v) is 5.36. The van der Waals surface area contributed by atoms with Gasteiger partial charge in [0.15, 0.2) is 0 Å². The minimum Gasteiger partial charge on any atom is -0.478 e. The molecule has 1 aromatic rings. The monoisotopic (exact) mass is 370 g/mol. The molecule has 0 aliphatic heterocycles. The number of carboxylic acids is 1. The van der Waals surface area contributed by atoms with Crippen LogP contribution in [0.15, 0.2) is 17.0 Å². The lowest BCUT2D eigenvalue weighted by Crippen LogP contribution is -2.16. The number of halogens is 3. The van der Waals surface area contributed by atoms with Crippen molar-refractivity contribution in [2.24, 2.45) is 5.92 Å². The quantitative estimate of drug-likeness (QED) is 0.773. The molecular weight excluding hydrogens is 355 g/mol. The number of alkyl halides is 3. The number of hydrogen-bond acceptors (Lipinski definition) is 2. The Morgan fingerprint density at radius 2 is 1.90 bits per heavy atom. The van der Waals surface area contributed by atoms with E-state index in [0.717, 1.165) is 0 Å². The minimum atomic E-state index is -1.75. The molecule has 1 aromatic carbocycles. The van der Waals surface area contributed by atoms with Crippen LogP contribution in [0.5, 0.6) is 0 Å². The van der Waals surface area contributed by atoms with Gasteiger partial charge in [-0.05, 0) is 24.0 Å². The van der Waals surface area contributed by atoms with Crippen LogP contribution >= 0.6 is 34.8 Å². The minimum absolute atomic E-state index is 0.0996. The van der Waals surface area contributed by atoms with Gasteiger partial charge in [0.2, 0.25) is 3.79 Å². The van der Waals surface area contributed by atoms with Crippen LogP contribution in [-0.4, -0.2) is 21.0 Å². The first kappa shape index (κ1) is 18.8. The fourth-order valence-electron chi connectivity index (χ4n) is 2.05. The largest absolute Gasteiger partial charge is 0.478 e. The molecule has 0 fully saturated rings. The van der Waals surface area contributed by atoms with E-state index in [2.05, 4.69) is 0 Å². The van der Waals surface area contributed by atoms with Crippen molar-refractivity contribution in [1.29, 1.82) is 0 Å². The summed E-state index contributed by atoms with van der Waals surface area (Å²) in [5.41, 5.74) is 0.848. The van der Waals surface area contributed by atoms with Crippen LogP contribution < -0.4 is 0 Å². The van der Waals surface area contributed by atoms with Crippen LogP contribution in [0.3, 0.4) is 0 Å². The maximum absolute atomic E-state index is 12.6. The predicted octanol–water partition coefficient (Wildman–Crippen LogP) is 4.54. The zero-order valence-corrected chi connectivity index (χ0v) is 15.0. The van der Waals surface area contributed by atoms with Gasteiger partial charge in [0.1, 0.15) is 0 Å². The summed E-state index contributed by atoms with van der Waals surface area (Å²) < 4.78 is 10.9. The Balaban J connectivity index is 3.62. The molecule has 21 heavy (non-hydrogen) atoms. The lowest BCUT2D eigenvalue weighted by atomic mass is 10.0. The highest BCUT2D eigenvalue weighted by molar-refractivity contribution is 7.85. The molecule has 0 spiro atoms. The van der Waals surface area contributed by atoms with Crippen LogP contribution in [0.1, 0.15) is 42.3 Å². The van der Waals surface area contributed by atoms with Gasteiger partial charge in [0.25, 0.3) is 0 Å². The molecule has 0 aromatic heterocycles. The first-order valence-corrected chi connectivity index (χ1v) is 8.89. The zero-order chi connectivity index (χ0) is 16.4. The fraction of sp³-hybridized carbons (Fsp3) is 0.500. The SMILES string of the molecule is CCc1c(C(=O)O)ccc(C(Cl)(Cl)Cl)c1[S@](=O)CC(C)C. The average molecular weight is 372 g/mol. The summed E-state index contributed by atoms with van der Waals surface area (Å²) in [7, 11) is -1.43. The van der Waals surface area contributed by atoms with E-state index in [9.17, 15) is 14.1 Å². The molecule has 0 saturated heterocycles. The van der Waals surface area contributed by atoms with Crippen molar-refractivity contribution in [2.75, 3.05) is 5.75 Å². The molecule has 1 N–H and O–H groups in total. The molecule has 0 aliphatic rings. The molecule has 1 atom stereocenters. The Kier molecular flexibility index (Phi) is 6.54. The lowest BCUT2D eigenvalue weighted by molar-refractivity contribution is 0.0695. The molecule has 0 unspecified atom stereocenters. The summed E-state index contributed by atoms with van der Waals surface area (Å²) in [6, 6.07) is 2.83. The summed E-state index contributed by atoms with van der Waals surface area (Å²) in [5, 5.41) is 9.28. The smallest absolute Gasteiger partial charge is 0.336 e. The first-order valence-electron chi connectivity index (χ1n) is 6.44. The van der Waals surface area contributed by atoms with Gasteiger partial charge in [-0.2, -0.15) is 0 Å². The van der Waals surface area contributed by atoms with Crippen molar-refractivity contribution in [3.05, 3.63) is 28.8 Å². The van der Waals surface area contributed by atoms with Crippen molar-refractivity contribution < 1.29 is 14.1 Å². The van der Waals surface area contributed by atoms with E-state index < -0.39 is 20.6 Å². The number of hydrogen-bond donors (Lipinski definition) is 1. The second-order valence-corrected chi connectivity index (χ2v) is 8.74. The van der Waals surface area contributed by atoms with Crippen molar-refractivity contribution >= 4 is 51.6 Å². The first-order chi connectivity index (χ1) is 9.59. The molecule has 1 rings (SSSR count). The lowest BCUT2D eigenvalue weighted by Gasteiger charge is -2.21. The van der Waals surface area contributed by atoms with Crippen molar-refractivity contribution in [1.82, 2.24) is 0 Å². The Bertz CT molecular complexity index is 565. The molecule has 3 nitrogen and oxygen atoms in total. The highest BCUT2D eigenvalue weighted by Gasteiger charge is 2.31. The van der Waals surface area contributed by atoms with Gasteiger partial charge in [0.05, 0.1) is 21.3 Å². The van der Waals surface area contributed by atoms with E-state index in [1.165, 1.54) is 12.1 Å². The Morgan fingerprint density at radius 3 is 2.29 bits per heavy atom. The topological polar surface area (TPSA) is 54.4 Å².